The van der Waals surface area contributed by atoms with Gasteiger partial charge in [0.05, 0.1) is 22.1 Å². The second kappa shape index (κ2) is 8.67. The summed E-state index contributed by atoms with van der Waals surface area (Å²) < 4.78 is 11.4. The molecule has 0 saturated carbocycles. The number of nitro benzene ring substituents is 1. The number of nitrogens with zero attached hydrogens (tertiary/aromatic N) is 2. The van der Waals surface area contributed by atoms with Crippen LogP contribution in [0.4, 0.5) is 5.69 Å². The summed E-state index contributed by atoms with van der Waals surface area (Å²) in [4.78, 5) is 23.3. The summed E-state index contributed by atoms with van der Waals surface area (Å²) in [6.07, 6.45) is 0. The Morgan fingerprint density at radius 3 is 2.35 bits per heavy atom. The van der Waals surface area contributed by atoms with Crippen molar-refractivity contribution in [3.8, 4) is 28.7 Å². The van der Waals surface area contributed by atoms with Gasteiger partial charge in [-0.3, -0.25) is 10.1 Å². The number of carbonyl (C=O) groups is 1. The van der Waals surface area contributed by atoms with Crippen LogP contribution in [0.25, 0.3) is 11.1 Å². The van der Waals surface area contributed by atoms with Gasteiger partial charge in [-0.15, -0.1) is 0 Å². The lowest BCUT2D eigenvalue weighted by Gasteiger charge is -2.19. The Morgan fingerprint density at radius 2 is 1.74 bits per heavy atom. The molecule has 0 bridgehead atoms. The summed E-state index contributed by atoms with van der Waals surface area (Å²) in [5.41, 5.74) is 1.07. The quantitative estimate of drug-likeness (QED) is 0.292. The van der Waals surface area contributed by atoms with E-state index in [0.29, 0.717) is 33.8 Å². The molecule has 0 amide bonds. The zero-order valence-electron chi connectivity index (χ0n) is 17.3. The SMILES string of the molecule is CC(C)(C)OC(=O)c1cccc(-c2cc([N+](=O)[O-])ccc2Oc2ccc(C#N)cc2)c1. The molecule has 0 saturated heterocycles. The Bertz CT molecular complexity index is 1170. The maximum absolute atomic E-state index is 12.5. The normalized spacial score (nSPS) is 10.8. The minimum absolute atomic E-state index is 0.107. The fourth-order valence-electron chi connectivity index (χ4n) is 2.82. The predicted molar refractivity (Wildman–Crippen MR) is 115 cm³/mol. The van der Waals surface area contributed by atoms with Gasteiger partial charge in [0.1, 0.15) is 17.1 Å². The standard InChI is InChI=1S/C24H20N2O5/c1-24(2,3)31-23(27)18-6-4-5-17(13-18)21-14-19(26(28)29)9-12-22(21)30-20-10-7-16(15-25)8-11-20/h4-14H,1-3H3. The van der Waals surface area contributed by atoms with Gasteiger partial charge in [0.25, 0.3) is 5.69 Å². The first-order chi connectivity index (χ1) is 14.7. The predicted octanol–water partition coefficient (Wildman–Crippen LogP) is 5.88. The lowest BCUT2D eigenvalue weighted by atomic mass is 10.0. The maximum atomic E-state index is 12.5. The minimum Gasteiger partial charge on any atom is -0.457 e. The molecule has 3 aromatic rings. The van der Waals surface area contributed by atoms with E-state index in [4.69, 9.17) is 14.7 Å². The van der Waals surface area contributed by atoms with E-state index >= 15 is 0 Å². The molecule has 0 aromatic heterocycles. The minimum atomic E-state index is -0.650. The number of rotatable bonds is 5. The van der Waals surface area contributed by atoms with Crippen molar-refractivity contribution in [2.45, 2.75) is 26.4 Å². The Labute approximate surface area is 179 Å². The van der Waals surface area contributed by atoms with Crippen LogP contribution in [0.15, 0.2) is 66.7 Å². The molecule has 3 aromatic carbocycles. The average molecular weight is 416 g/mol. The number of nitro groups is 1. The number of non-ortho nitro benzene ring substituents is 1. The first-order valence-electron chi connectivity index (χ1n) is 9.46. The van der Waals surface area contributed by atoms with Crippen LogP contribution in [0.3, 0.4) is 0 Å². The van der Waals surface area contributed by atoms with E-state index in [1.165, 1.54) is 18.2 Å². The van der Waals surface area contributed by atoms with Gasteiger partial charge in [-0.05, 0) is 68.8 Å². The van der Waals surface area contributed by atoms with E-state index in [0.717, 1.165) is 0 Å². The molecule has 7 heteroatoms. The van der Waals surface area contributed by atoms with Gasteiger partial charge in [-0.2, -0.15) is 5.26 Å². The summed E-state index contributed by atoms with van der Waals surface area (Å²) in [6, 6.07) is 19.4. The fourth-order valence-corrected chi connectivity index (χ4v) is 2.82. The molecule has 0 fully saturated rings. The number of esters is 1. The van der Waals surface area contributed by atoms with Crippen molar-refractivity contribution in [2.75, 3.05) is 0 Å². The van der Waals surface area contributed by atoms with Crippen LogP contribution in [-0.2, 0) is 4.74 Å². The zero-order chi connectivity index (χ0) is 22.6. The lowest BCUT2D eigenvalue weighted by molar-refractivity contribution is -0.384. The Hall–Kier alpha value is -4.18. The number of ether oxygens (including phenoxy) is 2. The van der Waals surface area contributed by atoms with Gasteiger partial charge < -0.3 is 9.47 Å². The average Bonchev–Trinajstić information content (AvgIpc) is 2.73. The van der Waals surface area contributed by atoms with Gasteiger partial charge in [0.15, 0.2) is 0 Å². The zero-order valence-corrected chi connectivity index (χ0v) is 17.3. The third-order valence-electron chi connectivity index (χ3n) is 4.19. The highest BCUT2D eigenvalue weighted by Crippen LogP contribution is 2.36. The Morgan fingerprint density at radius 1 is 1.03 bits per heavy atom. The number of benzene rings is 3. The molecular formula is C24H20N2O5. The Balaban J connectivity index is 2.03. The molecule has 0 N–H and O–H groups in total. The van der Waals surface area contributed by atoms with E-state index < -0.39 is 16.5 Å². The molecule has 0 unspecified atom stereocenters. The van der Waals surface area contributed by atoms with Gasteiger partial charge in [-0.1, -0.05) is 12.1 Å². The van der Waals surface area contributed by atoms with Crippen LogP contribution in [0.5, 0.6) is 11.5 Å². The van der Waals surface area contributed by atoms with E-state index in [2.05, 4.69) is 0 Å². The summed E-state index contributed by atoms with van der Waals surface area (Å²) in [6.45, 7) is 5.33. The van der Waals surface area contributed by atoms with Crippen LogP contribution in [0.1, 0.15) is 36.7 Å². The second-order valence-electron chi connectivity index (χ2n) is 7.76. The van der Waals surface area contributed by atoms with Crippen LogP contribution < -0.4 is 4.74 Å². The van der Waals surface area contributed by atoms with Crippen molar-refractivity contribution in [2.24, 2.45) is 0 Å². The smallest absolute Gasteiger partial charge is 0.338 e. The number of carbonyl (C=O) groups excluding carboxylic acids is 1. The molecule has 0 radical (unpaired) electrons. The van der Waals surface area contributed by atoms with Crippen molar-refractivity contribution in [1.29, 1.82) is 5.26 Å². The molecule has 0 aliphatic carbocycles. The highest BCUT2D eigenvalue weighted by molar-refractivity contribution is 5.91. The first-order valence-corrected chi connectivity index (χ1v) is 9.46. The summed E-state index contributed by atoms with van der Waals surface area (Å²) in [5, 5.41) is 20.3. The van der Waals surface area contributed by atoms with Crippen LogP contribution in [0.2, 0.25) is 0 Å². The van der Waals surface area contributed by atoms with Gasteiger partial charge in [-0.25, -0.2) is 4.79 Å². The number of hydrogen-bond donors (Lipinski definition) is 0. The van der Waals surface area contributed by atoms with Gasteiger partial charge in [0.2, 0.25) is 0 Å². The molecule has 0 atom stereocenters. The summed E-state index contributed by atoms with van der Waals surface area (Å²) in [5.74, 6) is 0.350. The lowest BCUT2D eigenvalue weighted by Crippen LogP contribution is -2.23. The monoisotopic (exact) mass is 416 g/mol. The van der Waals surface area contributed by atoms with Crippen molar-refractivity contribution >= 4 is 11.7 Å². The first kappa shape index (κ1) is 21.5. The van der Waals surface area contributed by atoms with E-state index in [1.807, 2.05) is 6.07 Å². The highest BCUT2D eigenvalue weighted by Gasteiger charge is 2.20. The molecular weight excluding hydrogens is 396 g/mol. The van der Waals surface area contributed by atoms with Gasteiger partial charge in [0, 0.05) is 17.7 Å². The van der Waals surface area contributed by atoms with Crippen molar-refractivity contribution in [1.82, 2.24) is 0 Å². The molecule has 0 heterocycles. The van der Waals surface area contributed by atoms with Gasteiger partial charge >= 0.3 is 5.97 Å². The maximum Gasteiger partial charge on any atom is 0.338 e. The van der Waals surface area contributed by atoms with Crippen LogP contribution >= 0.6 is 0 Å². The molecule has 0 spiro atoms. The van der Waals surface area contributed by atoms with Crippen LogP contribution in [0, 0.1) is 21.4 Å². The molecule has 0 aliphatic heterocycles. The number of nitriles is 1. The highest BCUT2D eigenvalue weighted by atomic mass is 16.6. The summed E-state index contributed by atoms with van der Waals surface area (Å²) in [7, 11) is 0. The van der Waals surface area contributed by atoms with E-state index in [-0.39, 0.29) is 5.69 Å². The van der Waals surface area contributed by atoms with Crippen LogP contribution in [-0.4, -0.2) is 16.5 Å². The fraction of sp³-hybridized carbons (Fsp3) is 0.167. The molecule has 7 nitrogen and oxygen atoms in total. The Kier molecular flexibility index (Phi) is 6.02. The largest absolute Gasteiger partial charge is 0.457 e. The molecule has 156 valence electrons. The van der Waals surface area contributed by atoms with E-state index in [1.54, 1.807) is 69.3 Å². The summed E-state index contributed by atoms with van der Waals surface area (Å²) >= 11 is 0. The number of hydrogen-bond acceptors (Lipinski definition) is 6. The van der Waals surface area contributed by atoms with E-state index in [9.17, 15) is 14.9 Å². The third kappa shape index (κ3) is 5.46. The van der Waals surface area contributed by atoms with Crippen molar-refractivity contribution in [3.05, 3.63) is 88.0 Å². The third-order valence-corrected chi connectivity index (χ3v) is 4.19. The van der Waals surface area contributed by atoms with Crippen molar-refractivity contribution in [3.63, 3.8) is 0 Å². The van der Waals surface area contributed by atoms with Crippen molar-refractivity contribution < 1.29 is 19.2 Å². The topological polar surface area (TPSA) is 102 Å². The molecule has 3 rings (SSSR count). The molecule has 31 heavy (non-hydrogen) atoms. The molecule has 0 aliphatic rings. The second-order valence-corrected chi connectivity index (χ2v) is 7.76.